The Morgan fingerprint density at radius 1 is 1.26 bits per heavy atom. The maximum Gasteiger partial charge on any atom is 0.265 e. The molecular weight excluding hydrogens is 360 g/mol. The molecular formula is C20H24N4O2S. The number of aryl methyl sites for hydroxylation is 2. The number of fused-ring (bicyclic) bond motifs is 2. The van der Waals surface area contributed by atoms with Gasteiger partial charge < -0.3 is 9.88 Å². The summed E-state index contributed by atoms with van der Waals surface area (Å²) in [5, 5.41) is 0.927. The van der Waals surface area contributed by atoms with Gasteiger partial charge in [-0.25, -0.2) is 9.97 Å². The van der Waals surface area contributed by atoms with E-state index in [9.17, 15) is 9.59 Å². The van der Waals surface area contributed by atoms with Crippen molar-refractivity contribution in [1.82, 2.24) is 19.9 Å². The summed E-state index contributed by atoms with van der Waals surface area (Å²) in [5.41, 5.74) is 2.52. The molecule has 0 radical (unpaired) electrons. The molecule has 1 spiro atoms. The third-order valence-corrected chi connectivity index (χ3v) is 7.38. The van der Waals surface area contributed by atoms with E-state index >= 15 is 0 Å². The Morgan fingerprint density at radius 3 is 2.78 bits per heavy atom. The molecule has 1 atom stereocenters. The van der Waals surface area contributed by atoms with Gasteiger partial charge in [0.15, 0.2) is 0 Å². The van der Waals surface area contributed by atoms with Crippen LogP contribution in [0.25, 0.3) is 0 Å². The quantitative estimate of drug-likeness (QED) is 0.863. The average molecular weight is 385 g/mol. The Hall–Kier alpha value is -2.02. The summed E-state index contributed by atoms with van der Waals surface area (Å²) >= 11 is 1.48. The van der Waals surface area contributed by atoms with Crippen LogP contribution < -0.4 is 5.56 Å². The molecule has 2 aromatic heterocycles. The number of hydrogen-bond acceptors (Lipinski definition) is 5. The number of nitrogens with zero attached hydrogens (tertiary/aromatic N) is 3. The molecule has 1 amide bonds. The number of piperidine rings is 1. The van der Waals surface area contributed by atoms with Gasteiger partial charge in [0.05, 0.1) is 16.4 Å². The summed E-state index contributed by atoms with van der Waals surface area (Å²) in [6, 6.07) is 0. The van der Waals surface area contributed by atoms with Gasteiger partial charge in [-0.1, -0.05) is 0 Å². The first-order valence-corrected chi connectivity index (χ1v) is 10.7. The molecule has 2 aromatic rings. The molecule has 1 saturated heterocycles. The molecule has 6 nitrogen and oxygen atoms in total. The number of hydrogen-bond donors (Lipinski definition) is 1. The summed E-state index contributed by atoms with van der Waals surface area (Å²) in [4.78, 5) is 40.8. The second kappa shape index (κ2) is 5.99. The zero-order chi connectivity index (χ0) is 18.8. The molecule has 0 bridgehead atoms. The van der Waals surface area contributed by atoms with Crippen LogP contribution in [0.1, 0.15) is 75.5 Å². The minimum absolute atomic E-state index is 0.0381. The third-order valence-electron chi connectivity index (χ3n) is 6.32. The van der Waals surface area contributed by atoms with Crippen LogP contribution in [0.3, 0.4) is 0 Å². The van der Waals surface area contributed by atoms with Crippen molar-refractivity contribution >= 4 is 17.2 Å². The van der Waals surface area contributed by atoms with E-state index in [0.29, 0.717) is 12.5 Å². The van der Waals surface area contributed by atoms with E-state index in [1.54, 1.807) is 0 Å². The van der Waals surface area contributed by atoms with Crippen LogP contribution in [0.4, 0.5) is 0 Å². The summed E-state index contributed by atoms with van der Waals surface area (Å²) in [7, 11) is 0. The maximum absolute atomic E-state index is 13.1. The lowest BCUT2D eigenvalue weighted by Gasteiger charge is -2.40. The number of thiazole rings is 1. The topological polar surface area (TPSA) is 79.0 Å². The molecule has 3 aliphatic rings. The molecule has 1 unspecified atom stereocenters. The lowest BCUT2D eigenvalue weighted by atomic mass is 9.77. The van der Waals surface area contributed by atoms with Gasteiger partial charge in [0, 0.05) is 30.0 Å². The van der Waals surface area contributed by atoms with Gasteiger partial charge in [-0.3, -0.25) is 9.59 Å². The Kier molecular flexibility index (Phi) is 3.79. The number of amides is 1. The van der Waals surface area contributed by atoms with Gasteiger partial charge in [-0.05, 0) is 52.4 Å². The van der Waals surface area contributed by atoms with Gasteiger partial charge in [0.25, 0.3) is 11.5 Å². The highest BCUT2D eigenvalue weighted by molar-refractivity contribution is 7.13. The number of aromatic amines is 1. The molecule has 3 heterocycles. The first-order valence-electron chi connectivity index (χ1n) is 9.84. The number of likely N-dealkylation sites (tertiary alicyclic amines) is 1. The van der Waals surface area contributed by atoms with Crippen LogP contribution in [0.15, 0.2) is 4.79 Å². The van der Waals surface area contributed by atoms with Crippen LogP contribution in [0, 0.1) is 13.8 Å². The number of carbonyl (C=O) groups is 1. The van der Waals surface area contributed by atoms with E-state index in [4.69, 9.17) is 4.98 Å². The maximum atomic E-state index is 13.1. The van der Waals surface area contributed by atoms with E-state index in [0.717, 1.165) is 77.7 Å². The van der Waals surface area contributed by atoms with Gasteiger partial charge in [-0.2, -0.15) is 0 Å². The van der Waals surface area contributed by atoms with Crippen molar-refractivity contribution in [3.8, 4) is 0 Å². The largest absolute Gasteiger partial charge is 0.337 e. The summed E-state index contributed by atoms with van der Waals surface area (Å²) in [6.45, 7) is 5.28. The lowest BCUT2D eigenvalue weighted by molar-refractivity contribution is 0.0637. The highest BCUT2D eigenvalue weighted by Gasteiger charge is 2.46. The van der Waals surface area contributed by atoms with E-state index in [-0.39, 0.29) is 16.9 Å². The average Bonchev–Trinajstić information content (AvgIpc) is 3.37. The molecule has 5 rings (SSSR count). The molecule has 1 saturated carbocycles. The van der Waals surface area contributed by atoms with E-state index in [1.807, 2.05) is 18.7 Å². The molecule has 1 aliphatic heterocycles. The monoisotopic (exact) mass is 384 g/mol. The Bertz CT molecular complexity index is 990. The van der Waals surface area contributed by atoms with Crippen LogP contribution in [-0.2, 0) is 11.8 Å². The highest BCUT2D eigenvalue weighted by Crippen LogP contribution is 2.45. The van der Waals surface area contributed by atoms with Gasteiger partial charge in [0.2, 0.25) is 0 Å². The van der Waals surface area contributed by atoms with Gasteiger partial charge in [-0.15, -0.1) is 11.3 Å². The molecule has 0 aromatic carbocycles. The fourth-order valence-electron chi connectivity index (χ4n) is 4.79. The fraction of sp³-hybridized carbons (Fsp3) is 0.600. The standard InChI is InChI=1S/C20H24N4O2S/c1-11-15(27-12(2)21-11)19(26)24-9-3-7-20(10-24)8-6-14-16(20)22-17(13-4-5-13)23-18(14)25/h13H,3-10H2,1-2H3,(H,22,23,25). The second-order valence-electron chi connectivity index (χ2n) is 8.31. The van der Waals surface area contributed by atoms with Crippen molar-refractivity contribution in [3.63, 3.8) is 0 Å². The first-order chi connectivity index (χ1) is 13.0. The number of H-pyrrole nitrogens is 1. The fourth-order valence-corrected chi connectivity index (χ4v) is 5.68. The summed E-state index contributed by atoms with van der Waals surface area (Å²) < 4.78 is 0. The van der Waals surface area contributed by atoms with Crippen LogP contribution >= 0.6 is 11.3 Å². The molecule has 2 aliphatic carbocycles. The Morgan fingerprint density at radius 2 is 2.07 bits per heavy atom. The van der Waals surface area contributed by atoms with Crippen molar-refractivity contribution < 1.29 is 4.79 Å². The minimum Gasteiger partial charge on any atom is -0.337 e. The first kappa shape index (κ1) is 17.1. The zero-order valence-corrected chi connectivity index (χ0v) is 16.6. The molecule has 142 valence electrons. The van der Waals surface area contributed by atoms with Crippen LogP contribution in [0.2, 0.25) is 0 Å². The molecule has 27 heavy (non-hydrogen) atoms. The number of carbonyl (C=O) groups excluding carboxylic acids is 1. The predicted molar refractivity (Wildman–Crippen MR) is 104 cm³/mol. The van der Waals surface area contributed by atoms with Gasteiger partial charge in [0.1, 0.15) is 10.7 Å². The Labute approximate surface area is 162 Å². The zero-order valence-electron chi connectivity index (χ0n) is 15.8. The highest BCUT2D eigenvalue weighted by atomic mass is 32.1. The molecule has 7 heteroatoms. The van der Waals surface area contributed by atoms with E-state index in [1.165, 1.54) is 11.3 Å². The van der Waals surface area contributed by atoms with Gasteiger partial charge >= 0.3 is 0 Å². The van der Waals surface area contributed by atoms with Crippen molar-refractivity contribution in [2.45, 2.75) is 63.7 Å². The SMILES string of the molecule is Cc1nc(C)c(C(=O)N2CCCC3(CCc4c3nc(C3CC3)[nH]c4=O)C2)s1. The number of aromatic nitrogens is 3. The van der Waals surface area contributed by atoms with Crippen molar-refractivity contribution in [1.29, 1.82) is 0 Å². The third kappa shape index (κ3) is 2.74. The summed E-state index contributed by atoms with van der Waals surface area (Å²) in [5.74, 6) is 1.36. The van der Waals surface area contributed by atoms with Crippen molar-refractivity contribution in [2.75, 3.05) is 13.1 Å². The van der Waals surface area contributed by atoms with E-state index in [2.05, 4.69) is 9.97 Å². The van der Waals surface area contributed by atoms with E-state index < -0.39 is 0 Å². The Balaban J connectivity index is 1.49. The minimum atomic E-state index is -0.158. The normalized spacial score (nSPS) is 24.4. The molecule has 2 fully saturated rings. The van der Waals surface area contributed by atoms with Crippen molar-refractivity contribution in [3.05, 3.63) is 43.0 Å². The van der Waals surface area contributed by atoms with Crippen LogP contribution in [0.5, 0.6) is 0 Å². The number of rotatable bonds is 2. The van der Waals surface area contributed by atoms with Crippen molar-refractivity contribution in [2.24, 2.45) is 0 Å². The summed E-state index contributed by atoms with van der Waals surface area (Å²) in [6.07, 6.45) is 5.87. The lowest BCUT2D eigenvalue weighted by Crippen LogP contribution is -2.48. The molecule has 1 N–H and O–H groups in total. The second-order valence-corrected chi connectivity index (χ2v) is 9.51. The number of nitrogens with one attached hydrogen (secondary N) is 1. The smallest absolute Gasteiger partial charge is 0.265 e. The van der Waals surface area contributed by atoms with Crippen LogP contribution in [-0.4, -0.2) is 38.8 Å². The predicted octanol–water partition coefficient (Wildman–Crippen LogP) is 2.84.